The zero-order valence-corrected chi connectivity index (χ0v) is 17.3. The van der Waals surface area contributed by atoms with E-state index >= 15 is 0 Å². The van der Waals surface area contributed by atoms with Gasteiger partial charge in [-0.1, -0.05) is 29.8 Å². The van der Waals surface area contributed by atoms with Crippen molar-refractivity contribution in [3.63, 3.8) is 0 Å². The topological polar surface area (TPSA) is 66.9 Å². The van der Waals surface area contributed by atoms with Gasteiger partial charge in [0.2, 0.25) is 10.0 Å². The fourth-order valence-corrected chi connectivity index (χ4v) is 3.76. The Hall–Kier alpha value is -2.09. The molecule has 2 rings (SSSR count). The van der Waals surface area contributed by atoms with E-state index in [1.807, 2.05) is 31.2 Å². The number of rotatable bonds is 7. The molecule has 0 radical (unpaired) electrons. The maximum Gasteiger partial charge on any atom is 0.253 e. The lowest BCUT2D eigenvalue weighted by Crippen LogP contribution is -2.31. The summed E-state index contributed by atoms with van der Waals surface area (Å²) in [6.07, 6.45) is 0. The first-order valence-corrected chi connectivity index (χ1v) is 10.1. The molecule has 0 aliphatic rings. The van der Waals surface area contributed by atoms with Gasteiger partial charge in [-0.15, -0.1) is 0 Å². The molecular weight excluding hydrogens is 388 g/mol. The van der Waals surface area contributed by atoms with Crippen LogP contribution in [0.5, 0.6) is 5.75 Å². The predicted octanol–water partition coefficient (Wildman–Crippen LogP) is 3.05. The van der Waals surface area contributed by atoms with Gasteiger partial charge in [0, 0.05) is 26.7 Å². The molecule has 6 nitrogen and oxygen atoms in total. The minimum Gasteiger partial charge on any atom is -0.491 e. The van der Waals surface area contributed by atoms with Crippen molar-refractivity contribution in [1.29, 1.82) is 0 Å². The summed E-state index contributed by atoms with van der Waals surface area (Å²) in [4.78, 5) is 14.0. The van der Waals surface area contributed by atoms with Crippen molar-refractivity contribution in [1.82, 2.24) is 9.21 Å². The van der Waals surface area contributed by atoms with Crippen LogP contribution in [0.3, 0.4) is 0 Å². The van der Waals surface area contributed by atoms with Gasteiger partial charge in [0.25, 0.3) is 5.91 Å². The molecule has 0 spiro atoms. The standard InChI is InChI=1S/C19H23ClN2O4S/c1-14-7-5-6-8-17(14)26-12-11-22(4)19(23)15-9-10-16(20)18(13-15)27(24,25)21(2)3/h5-10,13H,11-12H2,1-4H3. The van der Waals surface area contributed by atoms with Crippen LogP contribution in [0.2, 0.25) is 5.02 Å². The fraction of sp³-hybridized carbons (Fsp3) is 0.316. The summed E-state index contributed by atoms with van der Waals surface area (Å²) in [5.41, 5.74) is 1.26. The van der Waals surface area contributed by atoms with Gasteiger partial charge in [-0.25, -0.2) is 12.7 Å². The number of carbonyl (C=O) groups excluding carboxylic acids is 1. The van der Waals surface area contributed by atoms with E-state index in [-0.39, 0.29) is 21.4 Å². The van der Waals surface area contributed by atoms with E-state index in [1.54, 1.807) is 7.05 Å². The molecule has 0 atom stereocenters. The zero-order chi connectivity index (χ0) is 20.2. The molecule has 0 heterocycles. The fourth-order valence-electron chi connectivity index (χ4n) is 2.36. The number of hydrogen-bond acceptors (Lipinski definition) is 4. The molecule has 2 aromatic carbocycles. The smallest absolute Gasteiger partial charge is 0.253 e. The van der Waals surface area contributed by atoms with Crippen molar-refractivity contribution >= 4 is 27.5 Å². The highest BCUT2D eigenvalue weighted by molar-refractivity contribution is 7.89. The van der Waals surface area contributed by atoms with Crippen LogP contribution in [0, 0.1) is 6.92 Å². The van der Waals surface area contributed by atoms with E-state index in [1.165, 1.54) is 37.2 Å². The van der Waals surface area contributed by atoms with Crippen LogP contribution in [0.25, 0.3) is 0 Å². The predicted molar refractivity (Wildman–Crippen MR) is 106 cm³/mol. The number of nitrogens with zero attached hydrogens (tertiary/aromatic N) is 2. The van der Waals surface area contributed by atoms with Crippen molar-refractivity contribution in [2.24, 2.45) is 0 Å². The highest BCUT2D eigenvalue weighted by Gasteiger charge is 2.23. The number of hydrogen-bond donors (Lipinski definition) is 0. The SMILES string of the molecule is Cc1ccccc1OCCN(C)C(=O)c1ccc(Cl)c(S(=O)(=O)N(C)C)c1. The summed E-state index contributed by atoms with van der Waals surface area (Å²) in [6, 6.07) is 11.9. The highest BCUT2D eigenvalue weighted by Crippen LogP contribution is 2.25. The Bertz CT molecular complexity index is 929. The molecule has 0 N–H and O–H groups in total. The summed E-state index contributed by atoms with van der Waals surface area (Å²) in [6.45, 7) is 2.62. The van der Waals surface area contributed by atoms with Crippen LogP contribution in [0.15, 0.2) is 47.4 Å². The Kier molecular flexibility index (Phi) is 6.86. The highest BCUT2D eigenvalue weighted by atomic mass is 35.5. The largest absolute Gasteiger partial charge is 0.491 e. The lowest BCUT2D eigenvalue weighted by Gasteiger charge is -2.19. The first-order valence-electron chi connectivity index (χ1n) is 8.30. The first kappa shape index (κ1) is 21.2. The molecule has 1 amide bonds. The molecule has 0 fully saturated rings. The van der Waals surface area contributed by atoms with Crippen LogP contribution < -0.4 is 4.74 Å². The quantitative estimate of drug-likeness (QED) is 0.703. The number of ether oxygens (including phenoxy) is 1. The average molecular weight is 411 g/mol. The number of para-hydroxylation sites is 1. The number of carbonyl (C=O) groups is 1. The minimum absolute atomic E-state index is 0.0748. The number of likely N-dealkylation sites (N-methyl/N-ethyl adjacent to an activating group) is 1. The molecule has 0 aliphatic heterocycles. The lowest BCUT2D eigenvalue weighted by molar-refractivity contribution is 0.0773. The van der Waals surface area contributed by atoms with E-state index < -0.39 is 10.0 Å². The summed E-state index contributed by atoms with van der Waals surface area (Å²) >= 11 is 6.02. The Morgan fingerprint density at radius 1 is 1.11 bits per heavy atom. The van der Waals surface area contributed by atoms with Gasteiger partial charge >= 0.3 is 0 Å². The van der Waals surface area contributed by atoms with Gasteiger partial charge in [0.15, 0.2) is 0 Å². The third kappa shape index (κ3) is 5.00. The van der Waals surface area contributed by atoms with Gasteiger partial charge in [-0.2, -0.15) is 0 Å². The van der Waals surface area contributed by atoms with Crippen LogP contribution in [0.4, 0.5) is 0 Å². The Balaban J connectivity index is 2.09. The van der Waals surface area contributed by atoms with Crippen LogP contribution in [-0.4, -0.2) is 57.8 Å². The van der Waals surface area contributed by atoms with E-state index in [9.17, 15) is 13.2 Å². The van der Waals surface area contributed by atoms with Crippen LogP contribution in [-0.2, 0) is 10.0 Å². The molecular formula is C19H23ClN2O4S. The number of amides is 1. The number of halogens is 1. The van der Waals surface area contributed by atoms with Crippen LogP contribution in [0.1, 0.15) is 15.9 Å². The Labute approximate surface area is 165 Å². The van der Waals surface area contributed by atoms with Crippen molar-refractivity contribution in [3.8, 4) is 5.75 Å². The summed E-state index contributed by atoms with van der Waals surface area (Å²) in [7, 11) is 0.720. The van der Waals surface area contributed by atoms with Gasteiger partial charge in [-0.3, -0.25) is 4.79 Å². The van der Waals surface area contributed by atoms with Crippen molar-refractivity contribution in [3.05, 3.63) is 58.6 Å². The maximum atomic E-state index is 12.6. The molecule has 8 heteroatoms. The molecule has 2 aromatic rings. The summed E-state index contributed by atoms with van der Waals surface area (Å²) in [5.74, 6) is 0.458. The normalized spacial score (nSPS) is 11.5. The molecule has 0 unspecified atom stereocenters. The molecule has 0 saturated carbocycles. The summed E-state index contributed by atoms with van der Waals surface area (Å²) < 4.78 is 31.5. The van der Waals surface area contributed by atoms with Crippen molar-refractivity contribution in [2.45, 2.75) is 11.8 Å². The Morgan fingerprint density at radius 3 is 2.41 bits per heavy atom. The number of aryl methyl sites for hydroxylation is 1. The third-order valence-electron chi connectivity index (χ3n) is 4.06. The molecule has 146 valence electrons. The lowest BCUT2D eigenvalue weighted by atomic mass is 10.2. The molecule has 0 saturated heterocycles. The molecule has 0 bridgehead atoms. The maximum absolute atomic E-state index is 12.6. The summed E-state index contributed by atoms with van der Waals surface area (Å²) in [5, 5.41) is 0.0748. The molecule has 27 heavy (non-hydrogen) atoms. The minimum atomic E-state index is -3.74. The van der Waals surface area contributed by atoms with Crippen molar-refractivity contribution in [2.75, 3.05) is 34.3 Å². The second kappa shape index (κ2) is 8.73. The molecule has 0 aliphatic carbocycles. The average Bonchev–Trinajstić information content (AvgIpc) is 2.62. The second-order valence-electron chi connectivity index (χ2n) is 6.27. The van der Waals surface area contributed by atoms with Gasteiger partial charge < -0.3 is 9.64 Å². The third-order valence-corrected chi connectivity index (χ3v) is 6.36. The zero-order valence-electron chi connectivity index (χ0n) is 15.8. The van der Waals surface area contributed by atoms with Crippen molar-refractivity contribution < 1.29 is 17.9 Å². The first-order chi connectivity index (χ1) is 12.6. The Morgan fingerprint density at radius 2 is 1.78 bits per heavy atom. The number of benzene rings is 2. The monoisotopic (exact) mass is 410 g/mol. The van der Waals surface area contributed by atoms with Gasteiger partial charge in [0.1, 0.15) is 17.3 Å². The van der Waals surface area contributed by atoms with Crippen LogP contribution >= 0.6 is 11.6 Å². The van der Waals surface area contributed by atoms with E-state index in [0.717, 1.165) is 15.6 Å². The second-order valence-corrected chi connectivity index (χ2v) is 8.80. The van der Waals surface area contributed by atoms with Gasteiger partial charge in [0.05, 0.1) is 11.6 Å². The van der Waals surface area contributed by atoms with E-state index in [2.05, 4.69) is 0 Å². The molecule has 0 aromatic heterocycles. The number of sulfonamides is 1. The van der Waals surface area contributed by atoms with E-state index in [4.69, 9.17) is 16.3 Å². The van der Waals surface area contributed by atoms with E-state index in [0.29, 0.717) is 13.2 Å². The van der Waals surface area contributed by atoms with Gasteiger partial charge in [-0.05, 0) is 36.8 Å².